The lowest BCUT2D eigenvalue weighted by molar-refractivity contribution is -0.381. The lowest BCUT2D eigenvalue weighted by atomic mass is 10.1. The van der Waals surface area contributed by atoms with E-state index in [2.05, 4.69) is 4.74 Å². The van der Waals surface area contributed by atoms with Crippen molar-refractivity contribution in [2.45, 2.75) is 30.2 Å². The van der Waals surface area contributed by atoms with Crippen LogP contribution in [0.15, 0.2) is 11.2 Å². The van der Waals surface area contributed by atoms with Crippen molar-refractivity contribution in [1.29, 1.82) is 0 Å². The summed E-state index contributed by atoms with van der Waals surface area (Å²) in [6.45, 7) is 1.09. The van der Waals surface area contributed by atoms with Crippen LogP contribution in [0.4, 0.5) is 39.5 Å². The van der Waals surface area contributed by atoms with Crippen molar-refractivity contribution in [2.75, 3.05) is 12.5 Å². The van der Waals surface area contributed by atoms with Gasteiger partial charge in [-0.05, 0) is 6.92 Å². The molecule has 132 valence electrons. The molecule has 1 atom stereocenters. The smallest absolute Gasteiger partial charge is 0.460 e. The van der Waals surface area contributed by atoms with Crippen molar-refractivity contribution >= 4 is 22.4 Å². The minimum atomic E-state index is -7.11. The molecule has 0 bridgehead atoms. The quantitative estimate of drug-likeness (QED) is 0.371. The SMILES string of the molecule is CCO/C=C(\CCl)S(=O)C(F)(F)C(F)(F)C(F)(F)C(F)(F)F. The zero-order valence-electron chi connectivity index (χ0n) is 10.5. The predicted molar refractivity (Wildman–Crippen MR) is 59.5 cm³/mol. The highest BCUT2D eigenvalue weighted by Crippen LogP contribution is 2.54. The zero-order chi connectivity index (χ0) is 18.0. The molecule has 0 radical (unpaired) electrons. The Morgan fingerprint density at radius 3 is 1.82 bits per heavy atom. The largest absolute Gasteiger partial charge is 0.501 e. The molecule has 0 fully saturated rings. The number of allylic oxidation sites excluding steroid dienone is 1. The lowest BCUT2D eigenvalue weighted by Crippen LogP contribution is -2.62. The minimum Gasteiger partial charge on any atom is -0.501 e. The molecule has 0 rings (SSSR count). The molecule has 0 spiro atoms. The summed E-state index contributed by atoms with van der Waals surface area (Å²) in [7, 11) is -4.28. The van der Waals surface area contributed by atoms with Gasteiger partial charge in [0.05, 0.1) is 23.7 Å². The number of ether oxygens (including phenoxy) is 1. The second-order valence-corrected chi connectivity index (χ2v) is 5.45. The van der Waals surface area contributed by atoms with Gasteiger partial charge in [0.15, 0.2) is 0 Å². The highest BCUT2D eigenvalue weighted by molar-refractivity contribution is 7.90. The molecular weight excluding hydrogens is 379 g/mol. The maximum atomic E-state index is 13.3. The molecule has 0 aromatic carbocycles. The van der Waals surface area contributed by atoms with Crippen LogP contribution in [-0.4, -0.2) is 40.0 Å². The van der Waals surface area contributed by atoms with E-state index in [1.807, 2.05) is 0 Å². The third-order valence-electron chi connectivity index (χ3n) is 2.10. The standard InChI is InChI=1S/C9H8ClF9O2S/c1-2-21-4-5(3-10)22(20)9(18,19)7(13,14)6(11,12)8(15,16)17/h4H,2-3H2,1H3/b5-4+. The number of hydrogen-bond donors (Lipinski definition) is 0. The molecule has 0 aliphatic carbocycles. The number of halogens is 10. The van der Waals surface area contributed by atoms with Gasteiger partial charge in [0.2, 0.25) is 0 Å². The third-order valence-corrected chi connectivity index (χ3v) is 3.99. The topological polar surface area (TPSA) is 26.3 Å². The molecular formula is C9H8ClF9O2S. The Hall–Kier alpha value is -0.650. The van der Waals surface area contributed by atoms with E-state index in [0.29, 0.717) is 0 Å². The number of rotatable bonds is 7. The Morgan fingerprint density at radius 1 is 1.05 bits per heavy atom. The molecule has 0 aliphatic rings. The Morgan fingerprint density at radius 2 is 1.50 bits per heavy atom. The van der Waals surface area contributed by atoms with E-state index in [0.717, 1.165) is 0 Å². The first kappa shape index (κ1) is 21.4. The van der Waals surface area contributed by atoms with Gasteiger partial charge in [0.1, 0.15) is 10.8 Å². The summed E-state index contributed by atoms with van der Waals surface area (Å²) in [4.78, 5) is -1.27. The van der Waals surface area contributed by atoms with Gasteiger partial charge in [-0.25, -0.2) is 4.21 Å². The van der Waals surface area contributed by atoms with Gasteiger partial charge < -0.3 is 4.74 Å². The maximum absolute atomic E-state index is 13.3. The number of alkyl halides is 10. The molecule has 0 N–H and O–H groups in total. The van der Waals surface area contributed by atoms with Crippen molar-refractivity contribution in [3.05, 3.63) is 11.2 Å². The van der Waals surface area contributed by atoms with Crippen LogP contribution in [0.5, 0.6) is 0 Å². The Labute approximate surface area is 125 Å². The summed E-state index contributed by atoms with van der Waals surface area (Å²) >= 11 is 5.03. The average molecular weight is 387 g/mol. The van der Waals surface area contributed by atoms with Gasteiger partial charge >= 0.3 is 23.3 Å². The predicted octanol–water partition coefficient (Wildman–Crippen LogP) is 4.28. The third kappa shape index (κ3) is 3.63. The van der Waals surface area contributed by atoms with E-state index >= 15 is 0 Å². The summed E-state index contributed by atoms with van der Waals surface area (Å²) in [6.07, 6.45) is -6.74. The van der Waals surface area contributed by atoms with Crippen molar-refractivity contribution in [1.82, 2.24) is 0 Å². The lowest BCUT2D eigenvalue weighted by Gasteiger charge is -2.33. The van der Waals surface area contributed by atoms with Gasteiger partial charge in [-0.15, -0.1) is 11.6 Å². The first-order chi connectivity index (χ1) is 9.68. The number of hydrogen-bond acceptors (Lipinski definition) is 2. The fourth-order valence-electron chi connectivity index (χ4n) is 0.943. The molecule has 0 aromatic heterocycles. The van der Waals surface area contributed by atoms with Crippen LogP contribution in [0, 0.1) is 0 Å². The van der Waals surface area contributed by atoms with E-state index < -0.39 is 44.9 Å². The fraction of sp³-hybridized carbons (Fsp3) is 0.778. The van der Waals surface area contributed by atoms with Crippen molar-refractivity contribution in [3.63, 3.8) is 0 Å². The summed E-state index contributed by atoms with van der Waals surface area (Å²) < 4.78 is 129. The van der Waals surface area contributed by atoms with Gasteiger partial charge in [-0.1, -0.05) is 0 Å². The molecule has 0 aliphatic heterocycles. The van der Waals surface area contributed by atoms with Gasteiger partial charge in [-0.3, -0.25) is 0 Å². The first-order valence-corrected chi connectivity index (χ1v) is 6.85. The van der Waals surface area contributed by atoms with Crippen molar-refractivity contribution in [2.24, 2.45) is 0 Å². The molecule has 2 nitrogen and oxygen atoms in total. The minimum absolute atomic E-state index is 0.210. The summed E-state index contributed by atoms with van der Waals surface area (Å²) in [5.41, 5.74) is 0. The summed E-state index contributed by atoms with van der Waals surface area (Å²) in [5.74, 6) is -15.2. The second-order valence-electron chi connectivity index (χ2n) is 3.61. The summed E-state index contributed by atoms with van der Waals surface area (Å²) in [6, 6.07) is 0. The van der Waals surface area contributed by atoms with Gasteiger partial charge in [-0.2, -0.15) is 39.5 Å². The zero-order valence-corrected chi connectivity index (χ0v) is 12.1. The van der Waals surface area contributed by atoms with Crippen LogP contribution in [0.3, 0.4) is 0 Å². The van der Waals surface area contributed by atoms with Crippen molar-refractivity contribution in [3.8, 4) is 0 Å². The molecule has 0 heterocycles. The second kappa shape index (κ2) is 6.85. The molecule has 0 saturated carbocycles. The Bertz CT molecular complexity index is 447. The molecule has 0 saturated heterocycles. The maximum Gasteiger partial charge on any atom is 0.460 e. The van der Waals surface area contributed by atoms with Crippen LogP contribution in [0.1, 0.15) is 6.92 Å². The Kier molecular flexibility index (Phi) is 6.65. The molecule has 0 amide bonds. The van der Waals surface area contributed by atoms with Crippen LogP contribution in [-0.2, 0) is 15.5 Å². The highest BCUT2D eigenvalue weighted by Gasteiger charge is 2.83. The van der Waals surface area contributed by atoms with E-state index in [-0.39, 0.29) is 12.9 Å². The summed E-state index contributed by atoms with van der Waals surface area (Å²) in [5, 5.41) is -6.25. The monoisotopic (exact) mass is 386 g/mol. The highest BCUT2D eigenvalue weighted by atomic mass is 35.5. The van der Waals surface area contributed by atoms with Crippen molar-refractivity contribution < 1.29 is 48.5 Å². The normalized spacial score (nSPS) is 16.6. The van der Waals surface area contributed by atoms with E-state index in [1.165, 1.54) is 6.92 Å². The molecule has 0 aromatic rings. The molecule has 22 heavy (non-hydrogen) atoms. The fourth-order valence-corrected chi connectivity index (χ4v) is 2.25. The van der Waals surface area contributed by atoms with Gasteiger partial charge in [0, 0.05) is 0 Å². The van der Waals surface area contributed by atoms with E-state index in [9.17, 15) is 43.7 Å². The molecule has 1 unspecified atom stereocenters. The average Bonchev–Trinajstić information content (AvgIpc) is 2.37. The van der Waals surface area contributed by atoms with Crippen LogP contribution >= 0.6 is 11.6 Å². The first-order valence-electron chi connectivity index (χ1n) is 5.17. The van der Waals surface area contributed by atoms with Crippen LogP contribution in [0.25, 0.3) is 0 Å². The van der Waals surface area contributed by atoms with Gasteiger partial charge in [0.25, 0.3) is 0 Å². The van der Waals surface area contributed by atoms with E-state index in [1.54, 1.807) is 0 Å². The van der Waals surface area contributed by atoms with Crippen LogP contribution < -0.4 is 0 Å². The van der Waals surface area contributed by atoms with E-state index in [4.69, 9.17) is 11.6 Å². The Balaban J connectivity index is 5.85. The molecule has 13 heteroatoms. The van der Waals surface area contributed by atoms with Crippen LogP contribution in [0.2, 0.25) is 0 Å².